The van der Waals surface area contributed by atoms with Gasteiger partial charge in [0.2, 0.25) is 11.0 Å². The number of anilines is 2. The highest BCUT2D eigenvalue weighted by Crippen LogP contribution is 2.26. The van der Waals surface area contributed by atoms with Gasteiger partial charge in [0.05, 0.1) is 16.3 Å². The van der Waals surface area contributed by atoms with Crippen LogP contribution in [0.1, 0.15) is 11.1 Å². The maximum Gasteiger partial charge on any atom is 0.234 e. The summed E-state index contributed by atoms with van der Waals surface area (Å²) in [5.74, 6) is -0.341. The van der Waals surface area contributed by atoms with E-state index >= 15 is 0 Å². The van der Waals surface area contributed by atoms with Crippen molar-refractivity contribution in [3.63, 3.8) is 0 Å². The average Bonchev–Trinajstić information content (AvgIpc) is 3.14. The molecule has 0 atom stereocenters. The first-order valence-electron chi connectivity index (χ1n) is 7.97. The van der Waals surface area contributed by atoms with E-state index in [2.05, 4.69) is 20.8 Å². The SMILES string of the molecule is N#Cc1ccc(NC(=O)CSc2nnc(NCc3ccc(F)cc3)s2)cc1Cl. The fourth-order valence-corrected chi connectivity index (χ4v) is 3.90. The van der Waals surface area contributed by atoms with Crippen molar-refractivity contribution in [1.29, 1.82) is 5.26 Å². The molecule has 0 saturated carbocycles. The standard InChI is InChI=1S/C18H13ClFN5OS2/c19-15-7-14(6-3-12(15)8-21)23-16(26)10-27-18-25-24-17(28-18)22-9-11-1-4-13(20)5-2-11/h1-7H,9-10H2,(H,22,24)(H,23,26). The van der Waals surface area contributed by atoms with E-state index in [1.807, 2.05) is 6.07 Å². The number of rotatable bonds is 7. The molecule has 1 heterocycles. The second kappa shape index (κ2) is 9.50. The van der Waals surface area contributed by atoms with Crippen molar-refractivity contribution >= 4 is 51.4 Å². The first-order chi connectivity index (χ1) is 13.5. The summed E-state index contributed by atoms with van der Waals surface area (Å²) in [6.07, 6.45) is 0. The average molecular weight is 434 g/mol. The minimum Gasteiger partial charge on any atom is -0.356 e. The number of halogens is 2. The molecule has 1 amide bonds. The zero-order valence-corrected chi connectivity index (χ0v) is 16.7. The van der Waals surface area contributed by atoms with Gasteiger partial charge in [0.25, 0.3) is 0 Å². The minimum absolute atomic E-state index is 0.157. The first kappa shape index (κ1) is 20.1. The molecule has 10 heteroatoms. The van der Waals surface area contributed by atoms with Gasteiger partial charge >= 0.3 is 0 Å². The maximum absolute atomic E-state index is 12.9. The van der Waals surface area contributed by atoms with Crippen LogP contribution < -0.4 is 10.6 Å². The molecule has 6 nitrogen and oxygen atoms in total. The third-order valence-corrected chi connectivity index (χ3v) is 5.79. The summed E-state index contributed by atoms with van der Waals surface area (Å²) in [5.41, 5.74) is 1.79. The molecule has 142 valence electrons. The molecule has 0 spiro atoms. The van der Waals surface area contributed by atoms with Crippen molar-refractivity contribution in [3.05, 3.63) is 64.4 Å². The molecule has 0 aliphatic carbocycles. The molecule has 3 rings (SSSR count). The largest absolute Gasteiger partial charge is 0.356 e. The summed E-state index contributed by atoms with van der Waals surface area (Å²) in [5, 5.41) is 23.6. The normalized spacial score (nSPS) is 10.3. The van der Waals surface area contributed by atoms with Crippen LogP contribution >= 0.6 is 34.7 Å². The van der Waals surface area contributed by atoms with Gasteiger partial charge in [-0.15, -0.1) is 10.2 Å². The number of nitriles is 1. The number of aromatic nitrogens is 2. The van der Waals surface area contributed by atoms with E-state index in [1.165, 1.54) is 41.3 Å². The van der Waals surface area contributed by atoms with Crippen LogP contribution in [0.5, 0.6) is 0 Å². The van der Waals surface area contributed by atoms with E-state index in [0.717, 1.165) is 5.56 Å². The monoisotopic (exact) mass is 433 g/mol. The lowest BCUT2D eigenvalue weighted by Crippen LogP contribution is -2.13. The summed E-state index contributed by atoms with van der Waals surface area (Å²) >= 11 is 8.54. The predicted octanol–water partition coefficient (Wildman–Crippen LogP) is 4.55. The summed E-state index contributed by atoms with van der Waals surface area (Å²) in [4.78, 5) is 12.1. The Morgan fingerprint density at radius 2 is 2.04 bits per heavy atom. The number of nitrogens with one attached hydrogen (secondary N) is 2. The summed E-state index contributed by atoms with van der Waals surface area (Å²) in [6, 6.07) is 12.9. The van der Waals surface area contributed by atoms with Crippen molar-refractivity contribution < 1.29 is 9.18 Å². The summed E-state index contributed by atoms with van der Waals surface area (Å²) in [7, 11) is 0. The van der Waals surface area contributed by atoms with Crippen molar-refractivity contribution in [2.45, 2.75) is 10.9 Å². The van der Waals surface area contributed by atoms with E-state index in [0.29, 0.717) is 27.3 Å². The Kier molecular flexibility index (Phi) is 6.81. The van der Waals surface area contributed by atoms with E-state index in [1.54, 1.807) is 24.3 Å². The molecule has 1 aromatic heterocycles. The quantitative estimate of drug-likeness (QED) is 0.531. The highest BCUT2D eigenvalue weighted by atomic mass is 35.5. The molecule has 2 N–H and O–H groups in total. The molecule has 0 aliphatic heterocycles. The molecule has 3 aromatic rings. The number of nitrogens with zero attached hydrogens (tertiary/aromatic N) is 3. The Hall–Kier alpha value is -2.67. The van der Waals surface area contributed by atoms with Crippen LogP contribution in [0.2, 0.25) is 5.02 Å². The Bertz CT molecular complexity index is 1020. The van der Waals surface area contributed by atoms with Crippen LogP contribution in [-0.2, 0) is 11.3 Å². The van der Waals surface area contributed by atoms with Crippen molar-refractivity contribution in [2.75, 3.05) is 16.4 Å². The van der Waals surface area contributed by atoms with Crippen LogP contribution in [-0.4, -0.2) is 21.9 Å². The Balaban J connectivity index is 1.47. The molecule has 0 aliphatic rings. The smallest absolute Gasteiger partial charge is 0.234 e. The van der Waals surface area contributed by atoms with Gasteiger partial charge in [0.15, 0.2) is 4.34 Å². The molecule has 0 radical (unpaired) electrons. The highest BCUT2D eigenvalue weighted by Gasteiger charge is 2.10. The molecule has 28 heavy (non-hydrogen) atoms. The van der Waals surface area contributed by atoms with Crippen molar-refractivity contribution in [1.82, 2.24) is 10.2 Å². The molecule has 0 unspecified atom stereocenters. The lowest BCUT2D eigenvalue weighted by molar-refractivity contribution is -0.113. The molecular formula is C18H13ClFN5OS2. The Morgan fingerprint density at radius 1 is 1.25 bits per heavy atom. The van der Waals surface area contributed by atoms with Crippen LogP contribution in [0.3, 0.4) is 0 Å². The Labute approximate surface area is 173 Å². The van der Waals surface area contributed by atoms with E-state index in [9.17, 15) is 9.18 Å². The van der Waals surface area contributed by atoms with Crippen molar-refractivity contribution in [2.24, 2.45) is 0 Å². The third-order valence-electron chi connectivity index (χ3n) is 3.46. The molecule has 0 bridgehead atoms. The van der Waals surface area contributed by atoms with Crippen molar-refractivity contribution in [3.8, 4) is 6.07 Å². The molecule has 0 fully saturated rings. The van der Waals surface area contributed by atoms with Gasteiger partial charge in [0.1, 0.15) is 11.9 Å². The number of amides is 1. The van der Waals surface area contributed by atoms with Gasteiger partial charge in [-0.3, -0.25) is 4.79 Å². The number of carbonyl (C=O) groups is 1. The zero-order chi connectivity index (χ0) is 19.9. The fraction of sp³-hybridized carbons (Fsp3) is 0.111. The number of thioether (sulfide) groups is 1. The highest BCUT2D eigenvalue weighted by molar-refractivity contribution is 8.01. The van der Waals surface area contributed by atoms with Gasteiger partial charge < -0.3 is 10.6 Å². The van der Waals surface area contributed by atoms with Gasteiger partial charge in [-0.2, -0.15) is 5.26 Å². The summed E-state index contributed by atoms with van der Waals surface area (Å²) in [6.45, 7) is 0.500. The molecule has 0 saturated heterocycles. The minimum atomic E-state index is -0.278. The van der Waals surface area contributed by atoms with Gasteiger partial charge in [0, 0.05) is 12.2 Å². The van der Waals surface area contributed by atoms with Crippen LogP contribution in [0.4, 0.5) is 15.2 Å². The van der Waals surface area contributed by atoms with Gasteiger partial charge in [-0.1, -0.05) is 46.8 Å². The second-order valence-corrected chi connectivity index (χ2v) is 8.10. The lowest BCUT2D eigenvalue weighted by Gasteiger charge is -2.05. The molecular weight excluding hydrogens is 421 g/mol. The third kappa shape index (κ3) is 5.66. The molecule has 2 aromatic carbocycles. The van der Waals surface area contributed by atoms with Crippen LogP contribution in [0.15, 0.2) is 46.8 Å². The number of hydrogen-bond donors (Lipinski definition) is 2. The fourth-order valence-electron chi connectivity index (χ4n) is 2.13. The Morgan fingerprint density at radius 3 is 2.75 bits per heavy atom. The second-order valence-electron chi connectivity index (χ2n) is 5.50. The zero-order valence-electron chi connectivity index (χ0n) is 14.3. The van der Waals surface area contributed by atoms with Crippen LogP contribution in [0.25, 0.3) is 0 Å². The van der Waals surface area contributed by atoms with Gasteiger partial charge in [-0.25, -0.2) is 4.39 Å². The number of carbonyl (C=O) groups excluding carboxylic acids is 1. The van der Waals surface area contributed by atoms with Crippen LogP contribution in [0, 0.1) is 17.1 Å². The topological polar surface area (TPSA) is 90.7 Å². The predicted molar refractivity (Wildman–Crippen MR) is 109 cm³/mol. The summed E-state index contributed by atoms with van der Waals surface area (Å²) < 4.78 is 13.5. The lowest BCUT2D eigenvalue weighted by atomic mass is 10.2. The number of hydrogen-bond acceptors (Lipinski definition) is 7. The number of benzene rings is 2. The first-order valence-corrected chi connectivity index (χ1v) is 10.2. The van der Waals surface area contributed by atoms with Gasteiger partial charge in [-0.05, 0) is 35.9 Å². The van der Waals surface area contributed by atoms with E-state index < -0.39 is 0 Å². The van der Waals surface area contributed by atoms with E-state index in [-0.39, 0.29) is 22.5 Å². The maximum atomic E-state index is 12.9. The van der Waals surface area contributed by atoms with E-state index in [4.69, 9.17) is 16.9 Å².